The maximum Gasteiger partial charge on any atom is 0.490 e. The number of carbonyl (C=O) groups excluding carboxylic acids is 1. The van der Waals surface area contributed by atoms with E-state index in [1.165, 1.54) is 60.6 Å². The number of nitrogens with zero attached hydrogens (tertiary/aromatic N) is 1. The standard InChI is InChI=1S/C35H41F2N3O4S.C2HF3O2/c36-35(37,27-13-11-26(12-14-27)25-9-5-2-6-10-25)33(34(41)40-29-15-16-30(40)22-28(38)21-29)39-45(42,43)32-19-17-31(18-20-32)44-23-24-7-3-1-4-8-24;3-2(4,5)1(6)7/h2,5-6,9-14,17-20,24,28-30,33,39H,1,3-4,7-8,15-16,21-23,38H2;(H,6,7)/t28?,29?,30?,33-;/m1./s1. The van der Waals surface area contributed by atoms with Crippen molar-refractivity contribution in [3.63, 3.8) is 0 Å². The number of benzene rings is 3. The summed E-state index contributed by atoms with van der Waals surface area (Å²) in [5, 5.41) is 7.12. The number of hydrogen-bond acceptors (Lipinski definition) is 6. The Kier molecular flexibility index (Phi) is 12.3. The molecule has 6 rings (SSSR count). The lowest BCUT2D eigenvalue weighted by Gasteiger charge is -2.41. The fourth-order valence-electron chi connectivity index (χ4n) is 7.20. The highest BCUT2D eigenvalue weighted by molar-refractivity contribution is 7.89. The summed E-state index contributed by atoms with van der Waals surface area (Å²) in [6, 6.07) is 17.6. The predicted octanol–water partition coefficient (Wildman–Crippen LogP) is 6.87. The second-order valence-corrected chi connectivity index (χ2v) is 15.3. The zero-order chi connectivity index (χ0) is 37.7. The van der Waals surface area contributed by atoms with Crippen LogP contribution in [0.3, 0.4) is 0 Å². The summed E-state index contributed by atoms with van der Waals surface area (Å²) < 4.78 is 100.0. The van der Waals surface area contributed by atoms with Gasteiger partial charge in [0.15, 0.2) is 6.04 Å². The Bertz CT molecular complexity index is 1760. The van der Waals surface area contributed by atoms with Crippen LogP contribution in [0.15, 0.2) is 83.8 Å². The number of carboxylic acids is 1. The summed E-state index contributed by atoms with van der Waals surface area (Å²) in [6.07, 6.45) is 3.06. The molecule has 3 atom stereocenters. The van der Waals surface area contributed by atoms with Gasteiger partial charge in [0, 0.05) is 23.7 Å². The van der Waals surface area contributed by atoms with Crippen molar-refractivity contribution < 1.29 is 49.8 Å². The van der Waals surface area contributed by atoms with E-state index in [-0.39, 0.29) is 23.0 Å². The van der Waals surface area contributed by atoms with Gasteiger partial charge >= 0.3 is 12.1 Å². The highest BCUT2D eigenvalue weighted by Crippen LogP contribution is 2.40. The Morgan fingerprint density at radius 1 is 0.827 bits per heavy atom. The lowest BCUT2D eigenvalue weighted by molar-refractivity contribution is -0.192. The van der Waals surface area contributed by atoms with Crippen LogP contribution >= 0.6 is 0 Å². The third-order valence-electron chi connectivity index (χ3n) is 9.87. The van der Waals surface area contributed by atoms with Crippen LogP contribution in [0, 0.1) is 5.92 Å². The molecule has 2 saturated heterocycles. The third kappa shape index (κ3) is 9.47. The van der Waals surface area contributed by atoms with E-state index in [9.17, 15) is 26.4 Å². The molecule has 15 heteroatoms. The average molecular weight is 752 g/mol. The van der Waals surface area contributed by atoms with Gasteiger partial charge in [-0.3, -0.25) is 4.79 Å². The molecule has 2 unspecified atom stereocenters. The first-order valence-electron chi connectivity index (χ1n) is 17.2. The topological polar surface area (TPSA) is 139 Å². The van der Waals surface area contributed by atoms with Crippen LogP contribution in [0.1, 0.15) is 63.4 Å². The number of carboxylic acid groups (broad SMARTS) is 1. The smallest absolute Gasteiger partial charge is 0.490 e. The van der Waals surface area contributed by atoms with Crippen molar-refractivity contribution in [2.24, 2.45) is 11.7 Å². The van der Waals surface area contributed by atoms with Gasteiger partial charge in [-0.15, -0.1) is 0 Å². The molecule has 0 aromatic heterocycles. The minimum Gasteiger partial charge on any atom is -0.493 e. The Labute approximate surface area is 299 Å². The molecule has 0 radical (unpaired) electrons. The van der Waals surface area contributed by atoms with E-state index in [4.69, 9.17) is 20.4 Å². The van der Waals surface area contributed by atoms with Crippen molar-refractivity contribution in [1.82, 2.24) is 9.62 Å². The van der Waals surface area contributed by atoms with Crippen LogP contribution in [0.5, 0.6) is 5.75 Å². The van der Waals surface area contributed by atoms with E-state index in [1.807, 2.05) is 30.3 Å². The largest absolute Gasteiger partial charge is 0.493 e. The number of halogens is 5. The van der Waals surface area contributed by atoms with Crippen LogP contribution in [-0.4, -0.2) is 67.3 Å². The first-order chi connectivity index (χ1) is 24.6. The van der Waals surface area contributed by atoms with E-state index in [1.54, 1.807) is 12.1 Å². The monoisotopic (exact) mass is 751 g/mol. The molecular weight excluding hydrogens is 709 g/mol. The fourth-order valence-corrected chi connectivity index (χ4v) is 8.39. The van der Waals surface area contributed by atoms with Gasteiger partial charge in [0.2, 0.25) is 15.9 Å². The van der Waals surface area contributed by atoms with Gasteiger partial charge < -0.3 is 20.5 Å². The van der Waals surface area contributed by atoms with E-state index in [0.717, 1.165) is 24.0 Å². The third-order valence-corrected chi connectivity index (χ3v) is 11.3. The molecule has 2 aliphatic heterocycles. The Balaban J connectivity index is 0.000000679. The first kappa shape index (κ1) is 39.1. The molecule has 282 valence electrons. The second kappa shape index (κ2) is 16.3. The lowest BCUT2D eigenvalue weighted by Crippen LogP contribution is -2.60. The van der Waals surface area contributed by atoms with Crippen molar-refractivity contribution in [3.8, 4) is 16.9 Å². The van der Waals surface area contributed by atoms with Crippen molar-refractivity contribution >= 4 is 21.9 Å². The van der Waals surface area contributed by atoms with Gasteiger partial charge in [-0.25, -0.2) is 13.2 Å². The second-order valence-electron chi connectivity index (χ2n) is 13.6. The van der Waals surface area contributed by atoms with E-state index < -0.39 is 45.6 Å². The number of alkyl halides is 5. The Morgan fingerprint density at radius 3 is 1.90 bits per heavy atom. The summed E-state index contributed by atoms with van der Waals surface area (Å²) in [5.74, 6) is -6.55. The normalized spacial score (nSPS) is 21.5. The van der Waals surface area contributed by atoms with E-state index in [2.05, 4.69) is 4.72 Å². The summed E-state index contributed by atoms with van der Waals surface area (Å²) >= 11 is 0. The highest BCUT2D eigenvalue weighted by atomic mass is 32.2. The molecule has 1 aliphatic carbocycles. The quantitative estimate of drug-likeness (QED) is 0.192. The van der Waals surface area contributed by atoms with Crippen molar-refractivity contribution in [3.05, 3.63) is 84.4 Å². The number of aliphatic carboxylic acids is 1. The molecule has 3 fully saturated rings. The van der Waals surface area contributed by atoms with Gasteiger partial charge in [-0.1, -0.05) is 73.9 Å². The van der Waals surface area contributed by atoms with Crippen molar-refractivity contribution in [2.45, 2.75) is 98.9 Å². The molecule has 2 heterocycles. The van der Waals surface area contributed by atoms with Gasteiger partial charge in [0.05, 0.1) is 11.5 Å². The molecule has 2 bridgehead atoms. The maximum atomic E-state index is 16.5. The fraction of sp³-hybridized carbons (Fsp3) is 0.459. The lowest BCUT2D eigenvalue weighted by atomic mass is 9.90. The SMILES string of the molecule is NC1CC2CCC(C1)N2C(=O)[C@@H](NS(=O)(=O)c1ccc(OCC2CCCCC2)cc1)C(F)(F)c1ccc(-c2ccccc2)cc1.O=C(O)C(F)(F)F. The Morgan fingerprint density at radius 2 is 1.37 bits per heavy atom. The number of piperidine rings is 1. The van der Waals surface area contributed by atoms with Crippen LogP contribution in [0.25, 0.3) is 11.1 Å². The molecule has 52 heavy (non-hydrogen) atoms. The van der Waals surface area contributed by atoms with Gasteiger partial charge in [-0.2, -0.15) is 26.7 Å². The minimum absolute atomic E-state index is 0.119. The van der Waals surface area contributed by atoms with Crippen LogP contribution in [0.4, 0.5) is 22.0 Å². The zero-order valence-corrected chi connectivity index (χ0v) is 29.1. The number of rotatable bonds is 10. The Hall–Kier alpha value is -4.08. The summed E-state index contributed by atoms with van der Waals surface area (Å²) in [6.45, 7) is 0.554. The van der Waals surface area contributed by atoms with Crippen LogP contribution in [0.2, 0.25) is 0 Å². The number of ether oxygens (including phenoxy) is 1. The van der Waals surface area contributed by atoms with Crippen molar-refractivity contribution in [1.29, 1.82) is 0 Å². The van der Waals surface area contributed by atoms with Gasteiger partial charge in [0.25, 0.3) is 5.92 Å². The summed E-state index contributed by atoms with van der Waals surface area (Å²) in [4.78, 5) is 24.2. The van der Waals surface area contributed by atoms with E-state index in [0.29, 0.717) is 44.0 Å². The molecule has 9 nitrogen and oxygen atoms in total. The van der Waals surface area contributed by atoms with E-state index >= 15 is 8.78 Å². The highest BCUT2D eigenvalue weighted by Gasteiger charge is 2.53. The average Bonchev–Trinajstić information content (AvgIpc) is 3.40. The number of carbonyl (C=O) groups is 2. The van der Waals surface area contributed by atoms with Crippen LogP contribution < -0.4 is 15.2 Å². The predicted molar refractivity (Wildman–Crippen MR) is 183 cm³/mol. The molecule has 3 aromatic rings. The number of hydrogen-bond donors (Lipinski definition) is 3. The molecular formula is C37H42F5N3O6S. The van der Waals surface area contributed by atoms with Crippen LogP contribution in [-0.2, 0) is 25.5 Å². The summed E-state index contributed by atoms with van der Waals surface area (Å²) in [7, 11) is -4.52. The first-order valence-corrected chi connectivity index (χ1v) is 18.7. The number of fused-ring (bicyclic) bond motifs is 2. The minimum atomic E-state index is -5.08. The number of sulfonamides is 1. The molecule has 1 saturated carbocycles. The molecule has 3 aliphatic rings. The molecule has 3 aromatic carbocycles. The zero-order valence-electron chi connectivity index (χ0n) is 28.3. The van der Waals surface area contributed by atoms with Gasteiger partial charge in [0.1, 0.15) is 5.75 Å². The maximum absolute atomic E-state index is 16.5. The summed E-state index contributed by atoms with van der Waals surface area (Å²) in [5.41, 5.74) is 7.31. The molecule has 1 amide bonds. The number of nitrogens with one attached hydrogen (secondary N) is 1. The number of amides is 1. The van der Waals surface area contributed by atoms with Gasteiger partial charge in [-0.05, 0) is 79.8 Å². The number of nitrogens with two attached hydrogens (primary N) is 1. The molecule has 0 spiro atoms. The molecule has 4 N–H and O–H groups in total. The van der Waals surface area contributed by atoms with Crippen molar-refractivity contribution in [2.75, 3.05) is 6.61 Å².